The van der Waals surface area contributed by atoms with Gasteiger partial charge in [-0.1, -0.05) is 11.6 Å². The Labute approximate surface area is 153 Å². The molecule has 7 heteroatoms. The lowest BCUT2D eigenvalue weighted by molar-refractivity contribution is 0.589. The van der Waals surface area contributed by atoms with Gasteiger partial charge in [-0.3, -0.25) is 4.31 Å². The number of fused-ring (bicyclic) bond motifs is 1. The summed E-state index contributed by atoms with van der Waals surface area (Å²) in [4.78, 5) is 2.61. The number of piperazine rings is 1. The molecule has 0 bridgehead atoms. The number of rotatable bonds is 3. The standard InChI is InChI=1S/C18H20ClN3O2S/c19-15-1-4-17(5-2-15)25(23,24)22-10-7-14-13-16(3-6-18(14)22)21-11-8-20-9-12-21/h1-6,13,20H,7-12H2. The third kappa shape index (κ3) is 3.10. The van der Waals surface area contributed by atoms with Crippen LogP contribution in [-0.4, -0.2) is 41.1 Å². The minimum Gasteiger partial charge on any atom is -0.369 e. The Morgan fingerprint density at radius 2 is 1.68 bits per heavy atom. The van der Waals surface area contributed by atoms with Crippen molar-refractivity contribution in [1.29, 1.82) is 0 Å². The van der Waals surface area contributed by atoms with Gasteiger partial charge in [-0.25, -0.2) is 8.42 Å². The van der Waals surface area contributed by atoms with Crippen LogP contribution in [0.1, 0.15) is 5.56 Å². The number of nitrogens with zero attached hydrogens (tertiary/aromatic N) is 2. The van der Waals surface area contributed by atoms with Gasteiger partial charge in [0.2, 0.25) is 0 Å². The first-order chi connectivity index (χ1) is 12.1. The molecular formula is C18H20ClN3O2S. The monoisotopic (exact) mass is 377 g/mol. The quantitative estimate of drug-likeness (QED) is 0.893. The van der Waals surface area contributed by atoms with Gasteiger partial charge >= 0.3 is 0 Å². The van der Waals surface area contributed by atoms with Gasteiger partial charge in [0.25, 0.3) is 10.0 Å². The van der Waals surface area contributed by atoms with Crippen molar-refractivity contribution in [3.63, 3.8) is 0 Å². The number of halogens is 1. The fourth-order valence-electron chi connectivity index (χ4n) is 3.46. The van der Waals surface area contributed by atoms with E-state index in [-0.39, 0.29) is 4.90 Å². The van der Waals surface area contributed by atoms with E-state index in [2.05, 4.69) is 16.3 Å². The molecule has 1 fully saturated rings. The van der Waals surface area contributed by atoms with E-state index in [0.717, 1.165) is 43.9 Å². The Hall–Kier alpha value is -1.76. The average molecular weight is 378 g/mol. The second-order valence-corrected chi connectivity index (χ2v) is 8.63. The summed E-state index contributed by atoms with van der Waals surface area (Å²) in [5.74, 6) is 0. The molecule has 0 spiro atoms. The van der Waals surface area contributed by atoms with Crippen molar-refractivity contribution in [1.82, 2.24) is 5.32 Å². The topological polar surface area (TPSA) is 52.7 Å². The Morgan fingerprint density at radius 1 is 0.960 bits per heavy atom. The molecule has 25 heavy (non-hydrogen) atoms. The lowest BCUT2D eigenvalue weighted by atomic mass is 10.1. The van der Waals surface area contributed by atoms with Crippen LogP contribution in [0.25, 0.3) is 0 Å². The zero-order valence-corrected chi connectivity index (χ0v) is 15.4. The Balaban J connectivity index is 1.64. The molecule has 1 N–H and O–H groups in total. The van der Waals surface area contributed by atoms with E-state index in [1.54, 1.807) is 24.3 Å². The molecule has 132 valence electrons. The lowest BCUT2D eigenvalue weighted by Crippen LogP contribution is -2.43. The summed E-state index contributed by atoms with van der Waals surface area (Å²) in [6.07, 6.45) is 0.738. The maximum atomic E-state index is 13.0. The second kappa shape index (κ2) is 6.52. The predicted octanol–water partition coefficient (Wildman–Crippen LogP) is 2.50. The molecule has 0 unspecified atom stereocenters. The number of hydrogen-bond donors (Lipinski definition) is 1. The van der Waals surface area contributed by atoms with E-state index in [4.69, 9.17) is 11.6 Å². The van der Waals surface area contributed by atoms with Crippen LogP contribution in [0.2, 0.25) is 5.02 Å². The van der Waals surface area contributed by atoms with Gasteiger partial charge in [-0.15, -0.1) is 0 Å². The van der Waals surface area contributed by atoms with Crippen LogP contribution in [-0.2, 0) is 16.4 Å². The highest BCUT2D eigenvalue weighted by Gasteiger charge is 2.31. The molecule has 4 rings (SSSR count). The van der Waals surface area contributed by atoms with E-state index in [1.165, 1.54) is 9.99 Å². The summed E-state index contributed by atoms with van der Waals surface area (Å²) in [5, 5.41) is 3.88. The molecule has 5 nitrogen and oxygen atoms in total. The van der Waals surface area contributed by atoms with E-state index in [9.17, 15) is 8.42 Å². The van der Waals surface area contributed by atoms with Gasteiger partial charge < -0.3 is 10.2 Å². The molecule has 0 radical (unpaired) electrons. The highest BCUT2D eigenvalue weighted by atomic mass is 35.5. The number of anilines is 2. The van der Waals surface area contributed by atoms with E-state index in [0.29, 0.717) is 11.6 Å². The maximum absolute atomic E-state index is 13.0. The van der Waals surface area contributed by atoms with Crippen molar-refractivity contribution < 1.29 is 8.42 Å². The maximum Gasteiger partial charge on any atom is 0.264 e. The lowest BCUT2D eigenvalue weighted by Gasteiger charge is -2.30. The van der Waals surface area contributed by atoms with Crippen molar-refractivity contribution in [2.75, 3.05) is 41.9 Å². The predicted molar refractivity (Wildman–Crippen MR) is 101 cm³/mol. The summed E-state index contributed by atoms with van der Waals surface area (Å²) >= 11 is 5.88. The van der Waals surface area contributed by atoms with Gasteiger partial charge in [-0.2, -0.15) is 0 Å². The van der Waals surface area contributed by atoms with Gasteiger partial charge in [0.1, 0.15) is 0 Å². The van der Waals surface area contributed by atoms with Gasteiger partial charge in [0.05, 0.1) is 10.6 Å². The van der Waals surface area contributed by atoms with Gasteiger partial charge in [0.15, 0.2) is 0 Å². The Kier molecular flexibility index (Phi) is 4.35. The minimum atomic E-state index is -3.56. The first-order valence-electron chi connectivity index (χ1n) is 8.42. The van der Waals surface area contributed by atoms with Crippen LogP contribution < -0.4 is 14.5 Å². The Bertz CT molecular complexity index is 878. The average Bonchev–Trinajstić information content (AvgIpc) is 3.07. The molecule has 2 aliphatic heterocycles. The summed E-state index contributed by atoms with van der Waals surface area (Å²) in [6.45, 7) is 4.39. The first kappa shape index (κ1) is 16.7. The van der Waals surface area contributed by atoms with Crippen molar-refractivity contribution in [3.05, 3.63) is 53.1 Å². The SMILES string of the molecule is O=S(=O)(c1ccc(Cl)cc1)N1CCc2cc(N3CCNCC3)ccc21. The Morgan fingerprint density at radius 3 is 2.40 bits per heavy atom. The van der Waals surface area contributed by atoms with Crippen molar-refractivity contribution >= 4 is 33.0 Å². The van der Waals surface area contributed by atoms with Gasteiger partial charge in [0, 0.05) is 43.4 Å². The second-order valence-electron chi connectivity index (χ2n) is 6.33. The molecule has 2 heterocycles. The third-order valence-corrected chi connectivity index (χ3v) is 6.88. The zero-order chi connectivity index (χ0) is 17.4. The van der Waals surface area contributed by atoms with Gasteiger partial charge in [-0.05, 0) is 54.4 Å². The van der Waals surface area contributed by atoms with E-state index >= 15 is 0 Å². The fraction of sp³-hybridized carbons (Fsp3) is 0.333. The normalized spacial score (nSPS) is 17.6. The molecule has 2 aliphatic rings. The fourth-order valence-corrected chi connectivity index (χ4v) is 5.09. The number of sulfonamides is 1. The minimum absolute atomic E-state index is 0.274. The van der Waals surface area contributed by atoms with Crippen LogP contribution in [0.5, 0.6) is 0 Å². The molecule has 1 saturated heterocycles. The summed E-state index contributed by atoms with van der Waals surface area (Å²) in [5.41, 5.74) is 3.05. The van der Waals surface area contributed by atoms with Crippen molar-refractivity contribution in [2.24, 2.45) is 0 Å². The molecule has 0 atom stereocenters. The van der Waals surface area contributed by atoms with Crippen LogP contribution in [0.4, 0.5) is 11.4 Å². The summed E-state index contributed by atoms with van der Waals surface area (Å²) in [6, 6.07) is 12.4. The molecular weight excluding hydrogens is 358 g/mol. The molecule has 2 aromatic carbocycles. The van der Waals surface area contributed by atoms with E-state index < -0.39 is 10.0 Å². The summed E-state index contributed by atoms with van der Waals surface area (Å²) < 4.78 is 27.4. The first-order valence-corrected chi connectivity index (χ1v) is 10.2. The van der Waals surface area contributed by atoms with Crippen LogP contribution in [0, 0.1) is 0 Å². The number of hydrogen-bond acceptors (Lipinski definition) is 4. The molecule has 0 saturated carbocycles. The smallest absolute Gasteiger partial charge is 0.264 e. The highest BCUT2D eigenvalue weighted by molar-refractivity contribution is 7.92. The van der Waals surface area contributed by atoms with Crippen molar-refractivity contribution in [2.45, 2.75) is 11.3 Å². The number of benzene rings is 2. The van der Waals surface area contributed by atoms with Crippen LogP contribution in [0.15, 0.2) is 47.4 Å². The highest BCUT2D eigenvalue weighted by Crippen LogP contribution is 2.35. The van der Waals surface area contributed by atoms with Crippen LogP contribution in [0.3, 0.4) is 0 Å². The molecule has 0 amide bonds. The zero-order valence-electron chi connectivity index (χ0n) is 13.8. The van der Waals surface area contributed by atoms with E-state index in [1.807, 2.05) is 12.1 Å². The van der Waals surface area contributed by atoms with Crippen LogP contribution >= 0.6 is 11.6 Å². The summed E-state index contributed by atoms with van der Waals surface area (Å²) in [7, 11) is -3.56. The molecule has 0 aliphatic carbocycles. The largest absolute Gasteiger partial charge is 0.369 e. The third-order valence-electron chi connectivity index (χ3n) is 4.80. The molecule has 0 aromatic heterocycles. The molecule has 2 aromatic rings. The number of nitrogens with one attached hydrogen (secondary N) is 1. The van der Waals surface area contributed by atoms with Crippen molar-refractivity contribution in [3.8, 4) is 0 Å².